The monoisotopic (exact) mass is 398 g/mol. The molecule has 0 aliphatic rings. The van der Waals surface area contributed by atoms with Crippen molar-refractivity contribution in [2.24, 2.45) is 16.5 Å². The number of esters is 1. The highest BCUT2D eigenvalue weighted by atomic mass is 16.5. The van der Waals surface area contributed by atoms with Crippen LogP contribution in [0.3, 0.4) is 0 Å². The fourth-order valence-corrected chi connectivity index (χ4v) is 2.93. The average Bonchev–Trinajstić information content (AvgIpc) is 2.62. The Kier molecular flexibility index (Phi) is 16.2. The van der Waals surface area contributed by atoms with Crippen LogP contribution >= 0.6 is 0 Å². The first-order valence-electron chi connectivity index (χ1n) is 10.9. The van der Waals surface area contributed by atoms with Crippen molar-refractivity contribution in [2.75, 3.05) is 6.54 Å². The van der Waals surface area contributed by atoms with Gasteiger partial charge in [-0.2, -0.15) is 0 Å². The number of rotatable bonds is 17. The second-order valence-electron chi connectivity index (χ2n) is 7.63. The number of aliphatic imine (C=N–C) groups is 1. The van der Waals surface area contributed by atoms with E-state index < -0.39 is 12.0 Å². The van der Waals surface area contributed by atoms with Crippen LogP contribution in [0.1, 0.15) is 97.8 Å². The molecule has 7 nitrogen and oxygen atoms in total. The molecule has 0 aromatic carbocycles. The van der Waals surface area contributed by atoms with Gasteiger partial charge in [0.25, 0.3) is 0 Å². The summed E-state index contributed by atoms with van der Waals surface area (Å²) in [4.78, 5) is 28.3. The summed E-state index contributed by atoms with van der Waals surface area (Å²) in [5, 5.41) is 2.81. The molecule has 0 aromatic rings. The van der Waals surface area contributed by atoms with Gasteiger partial charge in [0, 0.05) is 13.0 Å². The normalized spacial score (nSPS) is 11.9. The molecule has 0 aliphatic carbocycles. The number of nitrogens with zero attached hydrogens (tertiary/aromatic N) is 1. The summed E-state index contributed by atoms with van der Waals surface area (Å²) in [6.45, 7) is 6.22. The zero-order chi connectivity index (χ0) is 21.2. The largest absolute Gasteiger partial charge is 0.461 e. The lowest BCUT2D eigenvalue weighted by Crippen LogP contribution is -2.42. The topological polar surface area (TPSA) is 120 Å². The summed E-state index contributed by atoms with van der Waals surface area (Å²) in [7, 11) is 0. The van der Waals surface area contributed by atoms with Crippen LogP contribution < -0.4 is 16.8 Å². The van der Waals surface area contributed by atoms with Crippen molar-refractivity contribution < 1.29 is 14.3 Å². The molecule has 1 amide bonds. The summed E-state index contributed by atoms with van der Waals surface area (Å²) in [5.41, 5.74) is 10.6. The lowest BCUT2D eigenvalue weighted by Gasteiger charge is -2.19. The third-order valence-electron chi connectivity index (χ3n) is 4.42. The molecule has 0 rings (SSSR count). The first-order valence-corrected chi connectivity index (χ1v) is 10.9. The smallest absolute Gasteiger partial charge is 0.328 e. The van der Waals surface area contributed by atoms with Crippen molar-refractivity contribution >= 4 is 17.8 Å². The molecule has 0 spiro atoms. The summed E-state index contributed by atoms with van der Waals surface area (Å²) in [5.74, 6) is -0.480. The molecule has 0 radical (unpaired) electrons. The lowest BCUT2D eigenvalue weighted by molar-refractivity contribution is -0.151. The quantitative estimate of drug-likeness (QED) is 0.150. The first-order chi connectivity index (χ1) is 13.4. The van der Waals surface area contributed by atoms with Crippen LogP contribution in [0.2, 0.25) is 0 Å². The van der Waals surface area contributed by atoms with Gasteiger partial charge in [-0.15, -0.1) is 0 Å². The number of hydrogen-bond acceptors (Lipinski definition) is 4. The van der Waals surface area contributed by atoms with Crippen LogP contribution in [0, 0.1) is 0 Å². The van der Waals surface area contributed by atoms with Crippen LogP contribution in [0.25, 0.3) is 0 Å². The number of nitrogens with two attached hydrogens (primary N) is 2. The van der Waals surface area contributed by atoms with Gasteiger partial charge in [-0.1, -0.05) is 58.3 Å². The fraction of sp³-hybridized carbons (Fsp3) is 0.857. The highest BCUT2D eigenvalue weighted by Gasteiger charge is 2.22. The van der Waals surface area contributed by atoms with Gasteiger partial charge in [0.2, 0.25) is 5.91 Å². The molecule has 0 bridgehead atoms. The summed E-state index contributed by atoms with van der Waals surface area (Å²) in [6.07, 6.45) is 12.1. The molecule has 7 heteroatoms. The number of unbranched alkanes of at least 4 members (excludes halogenated alkanes) is 8. The average molecular weight is 399 g/mol. The number of hydrogen-bond donors (Lipinski definition) is 3. The van der Waals surface area contributed by atoms with Crippen molar-refractivity contribution in [3.05, 3.63) is 0 Å². The summed E-state index contributed by atoms with van der Waals surface area (Å²) in [6, 6.07) is -0.650. The number of carbonyl (C=O) groups is 2. The molecule has 0 fully saturated rings. The van der Waals surface area contributed by atoms with Crippen molar-refractivity contribution in [2.45, 2.75) is 110 Å². The predicted octanol–water partition coefficient (Wildman–Crippen LogP) is 3.40. The van der Waals surface area contributed by atoms with Crippen molar-refractivity contribution in [3.8, 4) is 0 Å². The van der Waals surface area contributed by atoms with E-state index in [9.17, 15) is 9.59 Å². The number of amides is 1. The van der Waals surface area contributed by atoms with E-state index in [2.05, 4.69) is 17.2 Å². The van der Waals surface area contributed by atoms with Crippen molar-refractivity contribution in [1.29, 1.82) is 0 Å². The zero-order valence-electron chi connectivity index (χ0n) is 18.2. The van der Waals surface area contributed by atoms with Gasteiger partial charge in [0.05, 0.1) is 6.10 Å². The predicted molar refractivity (Wildman–Crippen MR) is 115 cm³/mol. The molecule has 5 N–H and O–H groups in total. The second-order valence-corrected chi connectivity index (χ2v) is 7.63. The number of nitrogens with one attached hydrogen (secondary N) is 1. The Morgan fingerprint density at radius 2 is 1.50 bits per heavy atom. The Morgan fingerprint density at radius 3 is 2.04 bits per heavy atom. The Labute approximate surface area is 171 Å². The zero-order valence-corrected chi connectivity index (χ0v) is 18.2. The summed E-state index contributed by atoms with van der Waals surface area (Å²) < 4.78 is 5.25. The minimum Gasteiger partial charge on any atom is -0.461 e. The SMILES string of the molecule is CCCCCCCCCCCC(=O)N[C@@H](CCCN=C(N)N)C(=O)OC(C)C. The molecule has 0 saturated carbocycles. The van der Waals surface area contributed by atoms with Crippen LogP contribution in [0.15, 0.2) is 4.99 Å². The fourth-order valence-electron chi connectivity index (χ4n) is 2.93. The van der Waals surface area contributed by atoms with Gasteiger partial charge in [-0.3, -0.25) is 9.79 Å². The molecule has 0 heterocycles. The highest BCUT2D eigenvalue weighted by Crippen LogP contribution is 2.11. The van der Waals surface area contributed by atoms with Gasteiger partial charge >= 0.3 is 5.97 Å². The Bertz CT molecular complexity index is 449. The van der Waals surface area contributed by atoms with E-state index in [4.69, 9.17) is 16.2 Å². The van der Waals surface area contributed by atoms with Gasteiger partial charge in [-0.25, -0.2) is 4.79 Å². The lowest BCUT2D eigenvalue weighted by atomic mass is 10.1. The second kappa shape index (κ2) is 17.3. The Balaban J connectivity index is 4.11. The standard InChI is InChI=1S/C21H42N4O3/c1-4-5-6-7-8-9-10-11-12-15-19(26)25-18(20(27)28-17(2)3)14-13-16-24-21(22)23/h17-18H,4-16H2,1-3H3,(H,25,26)(H4,22,23,24)/t18-/m0/s1. The molecule has 0 aliphatic heterocycles. The molecule has 28 heavy (non-hydrogen) atoms. The molecular weight excluding hydrogens is 356 g/mol. The van der Waals surface area contributed by atoms with Crippen LogP contribution in [-0.2, 0) is 14.3 Å². The Morgan fingerprint density at radius 1 is 0.929 bits per heavy atom. The van der Waals surface area contributed by atoms with E-state index in [0.717, 1.165) is 19.3 Å². The highest BCUT2D eigenvalue weighted by molar-refractivity contribution is 5.84. The first kappa shape index (κ1) is 26.2. The van der Waals surface area contributed by atoms with E-state index in [1.807, 2.05) is 0 Å². The van der Waals surface area contributed by atoms with Gasteiger partial charge in [-0.05, 0) is 33.1 Å². The molecular formula is C21H42N4O3. The van der Waals surface area contributed by atoms with E-state index in [-0.39, 0.29) is 18.0 Å². The van der Waals surface area contributed by atoms with Gasteiger partial charge in [0.15, 0.2) is 5.96 Å². The summed E-state index contributed by atoms with van der Waals surface area (Å²) >= 11 is 0. The van der Waals surface area contributed by atoms with Crippen molar-refractivity contribution in [1.82, 2.24) is 5.32 Å². The third-order valence-corrected chi connectivity index (χ3v) is 4.42. The van der Waals surface area contributed by atoms with E-state index in [1.165, 1.54) is 38.5 Å². The molecule has 0 aromatic heterocycles. The molecule has 0 saturated heterocycles. The van der Waals surface area contributed by atoms with E-state index in [1.54, 1.807) is 13.8 Å². The number of guanidine groups is 1. The van der Waals surface area contributed by atoms with E-state index >= 15 is 0 Å². The molecule has 164 valence electrons. The van der Waals surface area contributed by atoms with Gasteiger partial charge in [0.1, 0.15) is 6.04 Å². The Hall–Kier alpha value is -1.79. The third kappa shape index (κ3) is 16.4. The minimum absolute atomic E-state index is 0.0238. The number of carbonyl (C=O) groups excluding carboxylic acids is 2. The van der Waals surface area contributed by atoms with Crippen molar-refractivity contribution in [3.63, 3.8) is 0 Å². The van der Waals surface area contributed by atoms with Crippen LogP contribution in [0.5, 0.6) is 0 Å². The maximum atomic E-state index is 12.2. The number of ether oxygens (including phenoxy) is 1. The van der Waals surface area contributed by atoms with E-state index in [0.29, 0.717) is 25.8 Å². The van der Waals surface area contributed by atoms with Crippen LogP contribution in [-0.4, -0.2) is 36.5 Å². The van der Waals surface area contributed by atoms with Gasteiger partial charge < -0.3 is 21.5 Å². The maximum Gasteiger partial charge on any atom is 0.328 e. The molecule has 0 unspecified atom stereocenters. The van der Waals surface area contributed by atoms with Crippen LogP contribution in [0.4, 0.5) is 0 Å². The minimum atomic E-state index is -0.650. The molecule has 1 atom stereocenters. The maximum absolute atomic E-state index is 12.2.